The van der Waals surface area contributed by atoms with E-state index in [1.54, 1.807) is 0 Å². The lowest BCUT2D eigenvalue weighted by molar-refractivity contribution is 0.561. The Kier molecular flexibility index (Phi) is 2.73. The largest absolute Gasteiger partial charge is 0.441 e. The highest BCUT2D eigenvalue weighted by atomic mass is 16.3. The molecule has 1 aliphatic rings. The summed E-state index contributed by atoms with van der Waals surface area (Å²) in [5, 5.41) is 6.84. The summed E-state index contributed by atoms with van der Waals surface area (Å²) in [6.07, 6.45) is 1.26. The lowest BCUT2D eigenvalue weighted by Gasteiger charge is -2.10. The molecule has 0 saturated carbocycles. The molecular weight excluding hydrogens is 214 g/mol. The molecule has 3 rings (SSSR count). The third-order valence-corrected chi connectivity index (χ3v) is 3.25. The van der Waals surface area contributed by atoms with Gasteiger partial charge in [-0.25, -0.2) is 4.98 Å². The van der Waals surface area contributed by atoms with Crippen molar-refractivity contribution in [2.75, 3.05) is 25.0 Å². The second kappa shape index (κ2) is 4.37. The second-order valence-electron chi connectivity index (χ2n) is 4.66. The molecule has 1 atom stereocenters. The summed E-state index contributed by atoms with van der Waals surface area (Å²) in [5.41, 5.74) is 2.91. The van der Waals surface area contributed by atoms with Gasteiger partial charge >= 0.3 is 0 Å². The van der Waals surface area contributed by atoms with Gasteiger partial charge in [-0.15, -0.1) is 0 Å². The van der Waals surface area contributed by atoms with Crippen LogP contribution in [0.4, 0.5) is 5.69 Å². The molecule has 2 aromatic rings. The fourth-order valence-corrected chi connectivity index (χ4v) is 2.30. The fraction of sp³-hybridized carbons (Fsp3) is 0.462. The summed E-state index contributed by atoms with van der Waals surface area (Å²) in [5.74, 6) is 1.46. The number of anilines is 1. The van der Waals surface area contributed by atoms with Crippen LogP contribution in [0.2, 0.25) is 0 Å². The van der Waals surface area contributed by atoms with Gasteiger partial charge < -0.3 is 15.1 Å². The number of hydrogen-bond donors (Lipinski definition) is 2. The molecule has 1 aromatic carbocycles. The van der Waals surface area contributed by atoms with Crippen LogP contribution < -0.4 is 10.6 Å². The van der Waals surface area contributed by atoms with Crippen LogP contribution in [-0.4, -0.2) is 24.6 Å². The van der Waals surface area contributed by atoms with Crippen LogP contribution in [0.5, 0.6) is 0 Å². The molecule has 4 nitrogen and oxygen atoms in total. The number of rotatable bonds is 3. The number of hydrogen-bond acceptors (Lipinski definition) is 4. The van der Waals surface area contributed by atoms with Crippen molar-refractivity contribution in [1.82, 2.24) is 10.3 Å². The molecule has 1 aromatic heterocycles. The SMILES string of the molecule is Cc1nc2cc(NCC3CCNC3)ccc2o1. The second-order valence-corrected chi connectivity index (χ2v) is 4.66. The number of benzene rings is 1. The molecule has 90 valence electrons. The van der Waals surface area contributed by atoms with E-state index in [4.69, 9.17) is 4.42 Å². The number of aromatic nitrogens is 1. The molecule has 4 heteroatoms. The monoisotopic (exact) mass is 231 g/mol. The molecule has 2 N–H and O–H groups in total. The lowest BCUT2D eigenvalue weighted by Crippen LogP contribution is -2.17. The van der Waals surface area contributed by atoms with Crippen molar-refractivity contribution < 1.29 is 4.42 Å². The summed E-state index contributed by atoms with van der Waals surface area (Å²) in [6, 6.07) is 6.08. The predicted octanol–water partition coefficient (Wildman–Crippen LogP) is 2.16. The van der Waals surface area contributed by atoms with Gasteiger partial charge in [0, 0.05) is 19.2 Å². The third kappa shape index (κ3) is 2.26. The average molecular weight is 231 g/mol. The Hall–Kier alpha value is -1.55. The molecule has 0 amide bonds. The van der Waals surface area contributed by atoms with Crippen LogP contribution in [0.15, 0.2) is 22.6 Å². The minimum Gasteiger partial charge on any atom is -0.441 e. The molecule has 1 fully saturated rings. The van der Waals surface area contributed by atoms with E-state index >= 15 is 0 Å². The Balaban J connectivity index is 1.71. The minimum atomic E-state index is 0.720. The smallest absolute Gasteiger partial charge is 0.192 e. The Labute approximate surface area is 100 Å². The first-order chi connectivity index (χ1) is 8.31. The Bertz CT molecular complexity index is 514. The highest BCUT2D eigenvalue weighted by Crippen LogP contribution is 2.20. The van der Waals surface area contributed by atoms with Gasteiger partial charge in [0.25, 0.3) is 0 Å². The van der Waals surface area contributed by atoms with Gasteiger partial charge in [-0.2, -0.15) is 0 Å². The van der Waals surface area contributed by atoms with Crippen LogP contribution in [0.25, 0.3) is 11.1 Å². The van der Waals surface area contributed by atoms with E-state index in [0.717, 1.165) is 48.2 Å². The maximum atomic E-state index is 5.45. The number of oxazole rings is 1. The van der Waals surface area contributed by atoms with Gasteiger partial charge in [0.05, 0.1) is 0 Å². The standard InChI is InChI=1S/C13H17N3O/c1-9-16-12-6-11(2-3-13(12)17-9)15-8-10-4-5-14-7-10/h2-3,6,10,14-15H,4-5,7-8H2,1H3. The van der Waals surface area contributed by atoms with Crippen molar-refractivity contribution in [2.24, 2.45) is 5.92 Å². The van der Waals surface area contributed by atoms with Gasteiger partial charge in [0.2, 0.25) is 0 Å². The Morgan fingerprint density at radius 3 is 3.29 bits per heavy atom. The van der Waals surface area contributed by atoms with Crippen molar-refractivity contribution in [3.8, 4) is 0 Å². The van der Waals surface area contributed by atoms with E-state index in [-0.39, 0.29) is 0 Å². The zero-order chi connectivity index (χ0) is 11.7. The van der Waals surface area contributed by atoms with Crippen LogP contribution >= 0.6 is 0 Å². The van der Waals surface area contributed by atoms with E-state index in [0.29, 0.717) is 0 Å². The van der Waals surface area contributed by atoms with Gasteiger partial charge in [-0.3, -0.25) is 0 Å². The van der Waals surface area contributed by atoms with Crippen LogP contribution in [0.3, 0.4) is 0 Å². The normalized spacial score (nSPS) is 19.9. The Morgan fingerprint density at radius 2 is 2.47 bits per heavy atom. The predicted molar refractivity (Wildman–Crippen MR) is 68.2 cm³/mol. The molecule has 1 saturated heterocycles. The molecule has 1 unspecified atom stereocenters. The minimum absolute atomic E-state index is 0.720. The fourth-order valence-electron chi connectivity index (χ4n) is 2.30. The maximum absolute atomic E-state index is 5.45. The quantitative estimate of drug-likeness (QED) is 0.850. The summed E-state index contributed by atoms with van der Waals surface area (Å²) in [6.45, 7) is 5.17. The van der Waals surface area contributed by atoms with Crippen molar-refractivity contribution in [2.45, 2.75) is 13.3 Å². The van der Waals surface area contributed by atoms with Crippen molar-refractivity contribution in [3.63, 3.8) is 0 Å². The van der Waals surface area contributed by atoms with Crippen LogP contribution in [-0.2, 0) is 0 Å². The zero-order valence-corrected chi connectivity index (χ0v) is 9.99. The first-order valence-corrected chi connectivity index (χ1v) is 6.13. The summed E-state index contributed by atoms with van der Waals surface area (Å²) in [7, 11) is 0. The van der Waals surface area contributed by atoms with E-state index < -0.39 is 0 Å². The summed E-state index contributed by atoms with van der Waals surface area (Å²) in [4.78, 5) is 4.33. The average Bonchev–Trinajstić information content (AvgIpc) is 2.92. The van der Waals surface area contributed by atoms with Crippen LogP contribution in [0.1, 0.15) is 12.3 Å². The molecule has 17 heavy (non-hydrogen) atoms. The van der Waals surface area contributed by atoms with E-state index in [9.17, 15) is 0 Å². The molecule has 0 aliphatic carbocycles. The number of nitrogens with zero attached hydrogens (tertiary/aromatic N) is 1. The number of nitrogens with one attached hydrogen (secondary N) is 2. The first kappa shape index (κ1) is 10.6. The Morgan fingerprint density at radius 1 is 1.53 bits per heavy atom. The number of aryl methyl sites for hydroxylation is 1. The summed E-state index contributed by atoms with van der Waals surface area (Å²) < 4.78 is 5.45. The molecular formula is C13H17N3O. The van der Waals surface area contributed by atoms with E-state index in [1.807, 2.05) is 19.1 Å². The van der Waals surface area contributed by atoms with E-state index in [1.165, 1.54) is 6.42 Å². The molecule has 2 heterocycles. The molecule has 0 bridgehead atoms. The molecule has 0 spiro atoms. The topological polar surface area (TPSA) is 50.1 Å². The molecule has 0 radical (unpaired) electrons. The van der Waals surface area contributed by atoms with Crippen molar-refractivity contribution in [3.05, 3.63) is 24.1 Å². The first-order valence-electron chi connectivity index (χ1n) is 6.13. The number of fused-ring (bicyclic) bond motifs is 1. The molecule has 1 aliphatic heterocycles. The van der Waals surface area contributed by atoms with Gasteiger partial charge in [0.1, 0.15) is 5.52 Å². The van der Waals surface area contributed by atoms with Crippen LogP contribution in [0, 0.1) is 12.8 Å². The van der Waals surface area contributed by atoms with E-state index in [2.05, 4.69) is 21.7 Å². The maximum Gasteiger partial charge on any atom is 0.192 e. The highest BCUT2D eigenvalue weighted by molar-refractivity contribution is 5.77. The van der Waals surface area contributed by atoms with Crippen molar-refractivity contribution in [1.29, 1.82) is 0 Å². The zero-order valence-electron chi connectivity index (χ0n) is 9.99. The van der Waals surface area contributed by atoms with Gasteiger partial charge in [-0.1, -0.05) is 0 Å². The van der Waals surface area contributed by atoms with Gasteiger partial charge in [-0.05, 0) is 43.6 Å². The lowest BCUT2D eigenvalue weighted by atomic mass is 10.1. The summed E-state index contributed by atoms with van der Waals surface area (Å²) >= 11 is 0. The highest BCUT2D eigenvalue weighted by Gasteiger charge is 2.13. The van der Waals surface area contributed by atoms with Crippen molar-refractivity contribution >= 4 is 16.8 Å². The third-order valence-electron chi connectivity index (χ3n) is 3.25. The van der Waals surface area contributed by atoms with Gasteiger partial charge in [0.15, 0.2) is 11.5 Å².